The topological polar surface area (TPSA) is 75.3 Å². The first-order valence-electron chi connectivity index (χ1n) is 8.37. The molecule has 0 amide bonds. The van der Waals surface area contributed by atoms with Crippen molar-refractivity contribution in [2.45, 2.75) is 6.42 Å². The summed E-state index contributed by atoms with van der Waals surface area (Å²) in [5.74, 6) is 2.73. The molecule has 0 aliphatic carbocycles. The smallest absolute Gasteiger partial charge is 0.203 e. The lowest BCUT2D eigenvalue weighted by atomic mass is 10.1. The molecule has 0 bridgehead atoms. The van der Waals surface area contributed by atoms with Crippen LogP contribution in [0.5, 0.6) is 28.7 Å². The van der Waals surface area contributed by atoms with Crippen LogP contribution in [0.1, 0.15) is 16.8 Å². The number of anilines is 1. The third kappa shape index (κ3) is 4.75. The Kier molecular flexibility index (Phi) is 7.16. The fourth-order valence-corrected chi connectivity index (χ4v) is 2.66. The van der Waals surface area contributed by atoms with Gasteiger partial charge >= 0.3 is 0 Å². The van der Waals surface area contributed by atoms with Gasteiger partial charge in [0.1, 0.15) is 0 Å². The van der Waals surface area contributed by atoms with Gasteiger partial charge in [0.2, 0.25) is 5.75 Å². The maximum Gasteiger partial charge on any atom is 0.203 e. The highest BCUT2D eigenvalue weighted by Gasteiger charge is 2.14. The summed E-state index contributed by atoms with van der Waals surface area (Å²) in [7, 11) is 7.76. The molecule has 2 rings (SSSR count). The van der Waals surface area contributed by atoms with E-state index < -0.39 is 0 Å². The highest BCUT2D eigenvalue weighted by molar-refractivity contribution is 5.97. The van der Waals surface area contributed by atoms with E-state index in [0.717, 1.165) is 5.69 Å². The van der Waals surface area contributed by atoms with Gasteiger partial charge in [-0.05, 0) is 18.2 Å². The number of benzene rings is 2. The Morgan fingerprint density at radius 1 is 0.778 bits per heavy atom. The van der Waals surface area contributed by atoms with Gasteiger partial charge in [0.15, 0.2) is 28.8 Å². The lowest BCUT2D eigenvalue weighted by molar-refractivity contribution is 0.0986. The van der Waals surface area contributed by atoms with Crippen LogP contribution in [-0.2, 0) is 0 Å². The number of nitrogens with one attached hydrogen (secondary N) is 1. The van der Waals surface area contributed by atoms with Gasteiger partial charge in [-0.25, -0.2) is 0 Å². The van der Waals surface area contributed by atoms with Crippen LogP contribution < -0.4 is 29.0 Å². The Balaban J connectivity index is 2.04. The van der Waals surface area contributed by atoms with Gasteiger partial charge in [0.25, 0.3) is 0 Å². The van der Waals surface area contributed by atoms with E-state index in [0.29, 0.717) is 47.3 Å². The molecule has 0 saturated carbocycles. The summed E-state index contributed by atoms with van der Waals surface area (Å²) in [6.45, 7) is 0.450. The number of carbonyl (C=O) groups excluding carboxylic acids is 1. The van der Waals surface area contributed by atoms with Crippen LogP contribution in [0.25, 0.3) is 0 Å². The zero-order chi connectivity index (χ0) is 19.8. The van der Waals surface area contributed by atoms with Gasteiger partial charge in [0.05, 0.1) is 35.5 Å². The zero-order valence-electron chi connectivity index (χ0n) is 16.3. The fourth-order valence-electron chi connectivity index (χ4n) is 2.66. The number of rotatable bonds is 10. The second kappa shape index (κ2) is 9.56. The molecule has 0 aromatic heterocycles. The fraction of sp³-hybridized carbons (Fsp3) is 0.350. The number of hydrogen-bond donors (Lipinski definition) is 1. The summed E-state index contributed by atoms with van der Waals surface area (Å²) in [6, 6.07) is 8.72. The largest absolute Gasteiger partial charge is 0.493 e. The molecule has 7 nitrogen and oxygen atoms in total. The van der Waals surface area contributed by atoms with E-state index in [1.54, 1.807) is 58.8 Å². The molecule has 2 aromatic rings. The standard InChI is InChI=1S/C20H25NO6/c1-23-16-7-6-13(10-17(16)24-2)15(22)8-9-21-14-11-18(25-3)20(27-5)19(12-14)26-4/h6-7,10-12,21H,8-9H2,1-5H3. The van der Waals surface area contributed by atoms with Crippen molar-refractivity contribution < 1.29 is 28.5 Å². The van der Waals surface area contributed by atoms with Crippen LogP contribution in [0.3, 0.4) is 0 Å². The monoisotopic (exact) mass is 375 g/mol. The van der Waals surface area contributed by atoms with E-state index in [-0.39, 0.29) is 5.78 Å². The normalized spacial score (nSPS) is 10.1. The van der Waals surface area contributed by atoms with E-state index in [1.807, 2.05) is 0 Å². The first kappa shape index (κ1) is 20.2. The Hall–Kier alpha value is -3.09. The van der Waals surface area contributed by atoms with Gasteiger partial charge < -0.3 is 29.0 Å². The van der Waals surface area contributed by atoms with Crippen LogP contribution in [0.15, 0.2) is 30.3 Å². The average Bonchev–Trinajstić information content (AvgIpc) is 2.72. The molecule has 0 aliphatic rings. The van der Waals surface area contributed by atoms with E-state index in [2.05, 4.69) is 5.32 Å². The first-order chi connectivity index (χ1) is 13.1. The van der Waals surface area contributed by atoms with Crippen molar-refractivity contribution in [1.29, 1.82) is 0 Å². The second-order valence-electron chi connectivity index (χ2n) is 5.58. The number of hydrogen-bond acceptors (Lipinski definition) is 7. The van der Waals surface area contributed by atoms with Crippen LogP contribution in [-0.4, -0.2) is 47.9 Å². The molecule has 1 N–H and O–H groups in total. The van der Waals surface area contributed by atoms with E-state index in [1.165, 1.54) is 7.11 Å². The number of Topliss-reactive ketones (excluding diaryl/α,β-unsaturated/α-hetero) is 1. The third-order valence-corrected chi connectivity index (χ3v) is 4.05. The lowest BCUT2D eigenvalue weighted by Crippen LogP contribution is -2.09. The molecule has 146 valence electrons. The molecule has 0 aliphatic heterocycles. The van der Waals surface area contributed by atoms with Crippen molar-refractivity contribution in [2.24, 2.45) is 0 Å². The van der Waals surface area contributed by atoms with Gasteiger partial charge in [-0.1, -0.05) is 0 Å². The Morgan fingerprint density at radius 3 is 1.89 bits per heavy atom. The minimum absolute atomic E-state index is 0.00380. The average molecular weight is 375 g/mol. The van der Waals surface area contributed by atoms with Gasteiger partial charge in [-0.2, -0.15) is 0 Å². The van der Waals surface area contributed by atoms with Crippen LogP contribution in [0.4, 0.5) is 5.69 Å². The van der Waals surface area contributed by atoms with E-state index in [9.17, 15) is 4.79 Å². The maximum absolute atomic E-state index is 12.4. The van der Waals surface area contributed by atoms with Crippen molar-refractivity contribution in [3.63, 3.8) is 0 Å². The van der Waals surface area contributed by atoms with Crippen LogP contribution >= 0.6 is 0 Å². The highest BCUT2D eigenvalue weighted by atomic mass is 16.5. The van der Waals surface area contributed by atoms with Crippen LogP contribution in [0.2, 0.25) is 0 Å². The molecule has 0 spiro atoms. The number of methoxy groups -OCH3 is 5. The van der Waals surface area contributed by atoms with Gasteiger partial charge in [0, 0.05) is 36.3 Å². The summed E-state index contributed by atoms with van der Waals surface area (Å²) in [4.78, 5) is 12.4. The maximum atomic E-state index is 12.4. The molecule has 0 saturated heterocycles. The lowest BCUT2D eigenvalue weighted by Gasteiger charge is -2.15. The predicted molar refractivity (Wildman–Crippen MR) is 103 cm³/mol. The molecule has 0 radical (unpaired) electrons. The molecule has 7 heteroatoms. The van der Waals surface area contributed by atoms with Crippen molar-refractivity contribution in [3.05, 3.63) is 35.9 Å². The second-order valence-corrected chi connectivity index (χ2v) is 5.58. The minimum atomic E-state index is -0.00380. The predicted octanol–water partition coefficient (Wildman–Crippen LogP) is 3.41. The van der Waals surface area contributed by atoms with Crippen molar-refractivity contribution in [1.82, 2.24) is 0 Å². The SMILES string of the molecule is COc1ccc(C(=O)CCNc2cc(OC)c(OC)c(OC)c2)cc1OC. The quantitative estimate of drug-likeness (QED) is 0.638. The van der Waals surface area contributed by atoms with E-state index >= 15 is 0 Å². The summed E-state index contributed by atoms with van der Waals surface area (Å²) < 4.78 is 26.4. The summed E-state index contributed by atoms with van der Waals surface area (Å²) in [6.07, 6.45) is 0.312. The van der Waals surface area contributed by atoms with Gasteiger partial charge in [-0.3, -0.25) is 4.79 Å². The van der Waals surface area contributed by atoms with Crippen LogP contribution in [0, 0.1) is 0 Å². The van der Waals surface area contributed by atoms with Crippen molar-refractivity contribution in [3.8, 4) is 28.7 Å². The Morgan fingerprint density at radius 2 is 1.37 bits per heavy atom. The Bertz CT molecular complexity index is 765. The first-order valence-corrected chi connectivity index (χ1v) is 8.37. The minimum Gasteiger partial charge on any atom is -0.493 e. The third-order valence-electron chi connectivity index (χ3n) is 4.05. The molecular weight excluding hydrogens is 350 g/mol. The highest BCUT2D eigenvalue weighted by Crippen LogP contribution is 2.39. The zero-order valence-corrected chi connectivity index (χ0v) is 16.3. The van der Waals surface area contributed by atoms with Crippen molar-refractivity contribution >= 4 is 11.5 Å². The summed E-state index contributed by atoms with van der Waals surface area (Å²) >= 11 is 0. The van der Waals surface area contributed by atoms with Crippen molar-refractivity contribution in [2.75, 3.05) is 47.4 Å². The molecule has 0 heterocycles. The molecular formula is C20H25NO6. The van der Waals surface area contributed by atoms with Gasteiger partial charge in [-0.15, -0.1) is 0 Å². The molecule has 27 heavy (non-hydrogen) atoms. The molecule has 0 fully saturated rings. The number of ether oxygens (including phenoxy) is 5. The number of ketones is 1. The molecule has 0 atom stereocenters. The van der Waals surface area contributed by atoms with E-state index in [4.69, 9.17) is 23.7 Å². The molecule has 2 aromatic carbocycles. The Labute approximate surface area is 159 Å². The molecule has 0 unspecified atom stereocenters. The summed E-state index contributed by atoms with van der Waals surface area (Å²) in [5, 5.41) is 3.20. The summed E-state index contributed by atoms with van der Waals surface area (Å²) in [5.41, 5.74) is 1.34. The number of carbonyl (C=O) groups is 1.